The van der Waals surface area contributed by atoms with Crippen molar-refractivity contribution in [2.45, 2.75) is 20.8 Å². The van der Waals surface area contributed by atoms with E-state index in [9.17, 15) is 4.79 Å². The molecule has 88 valence electrons. The lowest BCUT2D eigenvalue weighted by Gasteiger charge is -1.92. The van der Waals surface area contributed by atoms with Gasteiger partial charge >= 0.3 is 0 Å². The first-order chi connectivity index (χ1) is 8.13. The predicted molar refractivity (Wildman–Crippen MR) is 72.5 cm³/mol. The highest BCUT2D eigenvalue weighted by atomic mass is 16.1. The van der Waals surface area contributed by atoms with Crippen molar-refractivity contribution in [3.8, 4) is 0 Å². The van der Waals surface area contributed by atoms with Gasteiger partial charge in [0.2, 0.25) is 0 Å². The maximum absolute atomic E-state index is 10.2. The van der Waals surface area contributed by atoms with Crippen molar-refractivity contribution >= 4 is 6.29 Å². The number of hydrogen-bond donors (Lipinski definition) is 0. The number of carbonyl (C=O) groups is 1. The van der Waals surface area contributed by atoms with Gasteiger partial charge in [0.15, 0.2) is 0 Å². The highest BCUT2D eigenvalue weighted by Crippen LogP contribution is 2.02. The van der Waals surface area contributed by atoms with Crippen LogP contribution in [0.3, 0.4) is 0 Å². The van der Waals surface area contributed by atoms with Crippen molar-refractivity contribution in [3.05, 3.63) is 70.8 Å². The summed E-state index contributed by atoms with van der Waals surface area (Å²) in [5.74, 6) is 0. The smallest absolute Gasteiger partial charge is 0.150 e. The molecule has 1 heteroatoms. The van der Waals surface area contributed by atoms with Gasteiger partial charge in [-0.2, -0.15) is 0 Å². The maximum Gasteiger partial charge on any atom is 0.150 e. The Labute approximate surface area is 103 Å². The number of rotatable bonds is 1. The Morgan fingerprint density at radius 2 is 1.41 bits per heavy atom. The zero-order valence-electron chi connectivity index (χ0n) is 10.6. The Bertz CT molecular complexity index is 469. The molecule has 2 aromatic carbocycles. The fourth-order valence-corrected chi connectivity index (χ4v) is 1.53. The van der Waals surface area contributed by atoms with E-state index in [4.69, 9.17) is 0 Å². The maximum atomic E-state index is 10.2. The number of carbonyl (C=O) groups excluding carboxylic acids is 1. The summed E-state index contributed by atoms with van der Waals surface area (Å²) in [5, 5.41) is 0. The lowest BCUT2D eigenvalue weighted by molar-refractivity contribution is 0.112. The molecule has 0 atom stereocenters. The average Bonchev–Trinajstić information content (AvgIpc) is 2.30. The van der Waals surface area contributed by atoms with E-state index in [1.165, 1.54) is 11.1 Å². The van der Waals surface area contributed by atoms with E-state index in [1.807, 2.05) is 31.2 Å². The van der Waals surface area contributed by atoms with Crippen molar-refractivity contribution < 1.29 is 4.79 Å². The summed E-state index contributed by atoms with van der Waals surface area (Å²) in [6.45, 7) is 6.13. The lowest BCUT2D eigenvalue weighted by atomic mass is 10.1. The van der Waals surface area contributed by atoms with E-state index < -0.39 is 0 Å². The van der Waals surface area contributed by atoms with E-state index in [2.05, 4.69) is 38.1 Å². The molecule has 2 rings (SSSR count). The topological polar surface area (TPSA) is 17.1 Å². The van der Waals surface area contributed by atoms with Gasteiger partial charge < -0.3 is 0 Å². The van der Waals surface area contributed by atoms with Crippen LogP contribution in [0.15, 0.2) is 48.5 Å². The molecule has 0 aromatic heterocycles. The van der Waals surface area contributed by atoms with Gasteiger partial charge in [-0.15, -0.1) is 0 Å². The summed E-state index contributed by atoms with van der Waals surface area (Å²) in [7, 11) is 0. The van der Waals surface area contributed by atoms with Crippen molar-refractivity contribution in [2.75, 3.05) is 0 Å². The monoisotopic (exact) mass is 226 g/mol. The first kappa shape index (κ1) is 13.2. The molecule has 0 heterocycles. The highest BCUT2D eigenvalue weighted by molar-refractivity contribution is 5.76. The minimum Gasteiger partial charge on any atom is -0.298 e. The highest BCUT2D eigenvalue weighted by Gasteiger charge is 1.90. The molecule has 2 aromatic rings. The minimum absolute atomic E-state index is 0.775. The van der Waals surface area contributed by atoms with Crippen molar-refractivity contribution in [1.29, 1.82) is 0 Å². The first-order valence-electron chi connectivity index (χ1n) is 5.67. The average molecular weight is 226 g/mol. The molecule has 0 fully saturated rings. The summed E-state index contributed by atoms with van der Waals surface area (Å²) in [5.41, 5.74) is 4.49. The molecule has 0 saturated carbocycles. The van der Waals surface area contributed by atoms with Gasteiger partial charge in [0, 0.05) is 5.56 Å². The van der Waals surface area contributed by atoms with Crippen LogP contribution in [0.1, 0.15) is 27.0 Å². The Balaban J connectivity index is 0.000000171. The Kier molecular flexibility index (Phi) is 5.15. The second kappa shape index (κ2) is 6.64. The molecule has 0 amide bonds. The fraction of sp³-hybridized carbons (Fsp3) is 0.188. The van der Waals surface area contributed by atoms with Crippen LogP contribution < -0.4 is 0 Å². The Morgan fingerprint density at radius 1 is 0.824 bits per heavy atom. The molecular formula is C16H18O. The quantitative estimate of drug-likeness (QED) is 0.669. The third kappa shape index (κ3) is 4.64. The summed E-state index contributed by atoms with van der Waals surface area (Å²) in [4.78, 5) is 10.2. The molecule has 0 aliphatic rings. The second-order valence-corrected chi connectivity index (χ2v) is 4.13. The van der Waals surface area contributed by atoms with Gasteiger partial charge in [0.05, 0.1) is 0 Å². The molecule has 0 radical (unpaired) electrons. The number of hydrogen-bond acceptors (Lipinski definition) is 1. The lowest BCUT2D eigenvalue weighted by Crippen LogP contribution is -1.82. The van der Waals surface area contributed by atoms with Gasteiger partial charge in [0.25, 0.3) is 0 Å². The van der Waals surface area contributed by atoms with E-state index >= 15 is 0 Å². The molecule has 0 unspecified atom stereocenters. The van der Waals surface area contributed by atoms with Gasteiger partial charge in [-0.1, -0.05) is 59.7 Å². The van der Waals surface area contributed by atoms with E-state index in [0.717, 1.165) is 17.4 Å². The molecule has 0 spiro atoms. The van der Waals surface area contributed by atoms with E-state index in [0.29, 0.717) is 0 Å². The van der Waals surface area contributed by atoms with Crippen LogP contribution in [0, 0.1) is 20.8 Å². The van der Waals surface area contributed by atoms with Gasteiger partial charge in [0.1, 0.15) is 6.29 Å². The van der Waals surface area contributed by atoms with Crippen LogP contribution in [0.4, 0.5) is 0 Å². The second-order valence-electron chi connectivity index (χ2n) is 4.13. The molecule has 1 nitrogen and oxygen atoms in total. The standard InChI is InChI=1S/C8H8O.C8H10/c1-7-4-2-3-5-8(7)6-9;1-7-4-3-5-8(2)6-7/h2-6H,1H3;3-6H,1-2H3. The molecule has 0 aliphatic carbocycles. The molecule has 0 saturated heterocycles. The number of aryl methyl sites for hydroxylation is 3. The summed E-state index contributed by atoms with van der Waals surface area (Å²) in [6.07, 6.45) is 0.870. The SMILES string of the molecule is Cc1cccc(C)c1.Cc1ccccc1C=O. The van der Waals surface area contributed by atoms with E-state index in [-0.39, 0.29) is 0 Å². The van der Waals surface area contributed by atoms with Crippen molar-refractivity contribution in [1.82, 2.24) is 0 Å². The largest absolute Gasteiger partial charge is 0.298 e. The third-order valence-electron chi connectivity index (χ3n) is 2.49. The molecule has 0 aliphatic heterocycles. The van der Waals surface area contributed by atoms with E-state index in [1.54, 1.807) is 0 Å². The zero-order valence-corrected chi connectivity index (χ0v) is 10.6. The normalized spacial score (nSPS) is 9.12. The first-order valence-corrected chi connectivity index (χ1v) is 5.67. The zero-order chi connectivity index (χ0) is 12.7. The molecule has 0 bridgehead atoms. The fourth-order valence-electron chi connectivity index (χ4n) is 1.53. The van der Waals surface area contributed by atoms with Crippen LogP contribution in [0.5, 0.6) is 0 Å². The minimum atomic E-state index is 0.775. The predicted octanol–water partition coefficient (Wildman–Crippen LogP) is 4.11. The van der Waals surface area contributed by atoms with Gasteiger partial charge in [-0.25, -0.2) is 0 Å². The van der Waals surface area contributed by atoms with Crippen molar-refractivity contribution in [3.63, 3.8) is 0 Å². The van der Waals surface area contributed by atoms with Crippen LogP contribution in [0.2, 0.25) is 0 Å². The Morgan fingerprint density at radius 3 is 1.76 bits per heavy atom. The van der Waals surface area contributed by atoms with Gasteiger partial charge in [-0.05, 0) is 26.3 Å². The summed E-state index contributed by atoms with van der Waals surface area (Å²) < 4.78 is 0. The summed E-state index contributed by atoms with van der Waals surface area (Å²) >= 11 is 0. The molecule has 17 heavy (non-hydrogen) atoms. The Hall–Kier alpha value is -1.89. The van der Waals surface area contributed by atoms with Crippen LogP contribution in [-0.4, -0.2) is 6.29 Å². The molecule has 0 N–H and O–H groups in total. The van der Waals surface area contributed by atoms with Crippen molar-refractivity contribution in [2.24, 2.45) is 0 Å². The molecular weight excluding hydrogens is 208 g/mol. The number of benzene rings is 2. The van der Waals surface area contributed by atoms with Crippen LogP contribution in [0.25, 0.3) is 0 Å². The summed E-state index contributed by atoms with van der Waals surface area (Å²) in [6, 6.07) is 16.0. The number of aldehydes is 1. The van der Waals surface area contributed by atoms with Crippen LogP contribution >= 0.6 is 0 Å². The third-order valence-corrected chi connectivity index (χ3v) is 2.49. The van der Waals surface area contributed by atoms with Crippen LogP contribution in [-0.2, 0) is 0 Å². The van der Waals surface area contributed by atoms with Gasteiger partial charge in [-0.3, -0.25) is 4.79 Å².